The maximum Gasteiger partial charge on any atom is 0.142 e. The van der Waals surface area contributed by atoms with Gasteiger partial charge in [0.25, 0.3) is 0 Å². The second-order valence-corrected chi connectivity index (χ2v) is 7.01. The molecule has 1 N–H and O–H groups in total. The molecule has 0 bridgehead atoms. The molecule has 1 saturated carbocycles. The van der Waals surface area contributed by atoms with Crippen LogP contribution in [0.1, 0.15) is 19.3 Å². The summed E-state index contributed by atoms with van der Waals surface area (Å²) in [6.45, 7) is 1.83. The van der Waals surface area contributed by atoms with Gasteiger partial charge in [0.15, 0.2) is 0 Å². The van der Waals surface area contributed by atoms with E-state index < -0.39 is 0 Å². The van der Waals surface area contributed by atoms with Gasteiger partial charge in [-0.3, -0.25) is 0 Å². The van der Waals surface area contributed by atoms with E-state index in [-0.39, 0.29) is 0 Å². The number of likely N-dealkylation sites (tertiary alicyclic amines) is 1. The fraction of sp³-hybridized carbons (Fsp3) is 0.500. The molecule has 2 aliphatic rings. The number of H-pyrrole nitrogens is 1. The van der Waals surface area contributed by atoms with Crippen LogP contribution >= 0.6 is 12.2 Å². The summed E-state index contributed by atoms with van der Waals surface area (Å²) >= 11 is 5.42. The minimum Gasteiger partial charge on any atom is -0.363 e. The minimum absolute atomic E-state index is 0.293. The van der Waals surface area contributed by atoms with Gasteiger partial charge in [0.1, 0.15) is 17.8 Å². The zero-order chi connectivity index (χ0) is 16.0. The Kier molecular flexibility index (Phi) is 3.23. The van der Waals surface area contributed by atoms with E-state index in [4.69, 9.17) is 17.5 Å². The van der Waals surface area contributed by atoms with E-state index in [0.717, 1.165) is 34.9 Å². The lowest BCUT2D eigenvalue weighted by molar-refractivity contribution is 0.458. The molecule has 1 aliphatic carbocycles. The molecule has 3 heterocycles. The van der Waals surface area contributed by atoms with E-state index in [1.165, 1.54) is 12.8 Å². The number of aromatic amines is 1. The Balaban J connectivity index is 1.64. The second kappa shape index (κ2) is 5.17. The quantitative estimate of drug-likeness (QED) is 0.871. The van der Waals surface area contributed by atoms with Gasteiger partial charge >= 0.3 is 0 Å². The fourth-order valence-electron chi connectivity index (χ4n) is 3.79. The number of nitrogens with zero attached hydrogens (tertiary/aromatic N) is 5. The molecule has 2 aromatic rings. The summed E-state index contributed by atoms with van der Waals surface area (Å²) < 4.78 is 0. The van der Waals surface area contributed by atoms with Gasteiger partial charge in [-0.15, -0.1) is 0 Å². The standard InChI is InChI=1S/C16H18N6S/c1-21(15-11-3-7-18-14(11)19-10-20-15)12-8-22(13(23)2-6-17)9-16(12)4-5-16/h3,7,10,12H,2,4-5,8-9H2,1H3,(H,18,19,20)/t12-/m1/s1. The highest BCUT2D eigenvalue weighted by atomic mass is 32.1. The number of likely N-dealkylation sites (N-methyl/N-ethyl adjacent to an activating group) is 1. The van der Waals surface area contributed by atoms with Gasteiger partial charge in [-0.25, -0.2) is 9.97 Å². The van der Waals surface area contributed by atoms with Gasteiger partial charge in [-0.2, -0.15) is 5.26 Å². The Hall–Kier alpha value is -2.20. The van der Waals surface area contributed by atoms with Gasteiger partial charge in [0, 0.05) is 31.7 Å². The van der Waals surface area contributed by atoms with Crippen molar-refractivity contribution < 1.29 is 0 Å². The van der Waals surface area contributed by atoms with E-state index in [1.54, 1.807) is 6.33 Å². The van der Waals surface area contributed by atoms with Crippen LogP contribution in [-0.2, 0) is 0 Å². The molecule has 7 heteroatoms. The van der Waals surface area contributed by atoms with Crippen molar-refractivity contribution in [2.75, 3.05) is 25.0 Å². The molecule has 4 rings (SSSR count). The van der Waals surface area contributed by atoms with Gasteiger partial charge in [0.2, 0.25) is 0 Å². The summed E-state index contributed by atoms with van der Waals surface area (Å²) in [7, 11) is 2.11. The predicted octanol–water partition coefficient (Wildman–Crippen LogP) is 2.10. The summed E-state index contributed by atoms with van der Waals surface area (Å²) in [5.74, 6) is 0.959. The molecule has 1 saturated heterocycles. The fourth-order valence-corrected chi connectivity index (χ4v) is 4.00. The average molecular weight is 326 g/mol. The van der Waals surface area contributed by atoms with Crippen molar-refractivity contribution >= 4 is 34.1 Å². The molecule has 0 radical (unpaired) electrons. The van der Waals surface area contributed by atoms with Crippen molar-refractivity contribution in [2.45, 2.75) is 25.3 Å². The van der Waals surface area contributed by atoms with Crippen LogP contribution in [0.4, 0.5) is 5.82 Å². The summed E-state index contributed by atoms with van der Waals surface area (Å²) in [6.07, 6.45) is 6.27. The molecule has 0 aromatic carbocycles. The molecule has 1 aliphatic heterocycles. The number of hydrogen-bond acceptors (Lipinski definition) is 5. The van der Waals surface area contributed by atoms with Crippen molar-refractivity contribution in [2.24, 2.45) is 5.41 Å². The Bertz CT molecular complexity index is 802. The summed E-state index contributed by atoms with van der Waals surface area (Å²) in [6, 6.07) is 4.56. The summed E-state index contributed by atoms with van der Waals surface area (Å²) in [5.41, 5.74) is 1.16. The highest BCUT2D eigenvalue weighted by Crippen LogP contribution is 2.55. The number of anilines is 1. The lowest BCUT2D eigenvalue weighted by Gasteiger charge is -2.30. The number of nitrogens with one attached hydrogen (secondary N) is 1. The third kappa shape index (κ3) is 2.25. The third-order valence-corrected chi connectivity index (χ3v) is 5.62. The van der Waals surface area contributed by atoms with Crippen molar-refractivity contribution in [3.8, 4) is 6.07 Å². The van der Waals surface area contributed by atoms with Gasteiger partial charge in [-0.05, 0) is 18.9 Å². The molecule has 118 valence electrons. The largest absolute Gasteiger partial charge is 0.363 e. The topological polar surface area (TPSA) is 71.8 Å². The molecule has 6 nitrogen and oxygen atoms in total. The normalized spacial score (nSPS) is 21.6. The SMILES string of the molecule is CN(c1ncnc2[nH]ccc12)[C@@H]1CN(C(=S)CC#N)CC12CC2. The van der Waals surface area contributed by atoms with Crippen molar-refractivity contribution in [3.63, 3.8) is 0 Å². The smallest absolute Gasteiger partial charge is 0.142 e. The highest BCUT2D eigenvalue weighted by Gasteiger charge is 2.57. The number of hydrogen-bond donors (Lipinski definition) is 1. The van der Waals surface area contributed by atoms with E-state index >= 15 is 0 Å². The minimum atomic E-state index is 0.293. The first-order valence-electron chi connectivity index (χ1n) is 7.80. The first-order valence-corrected chi connectivity index (χ1v) is 8.21. The Morgan fingerprint density at radius 3 is 3.13 bits per heavy atom. The molecule has 1 spiro atoms. The average Bonchev–Trinajstić information content (AvgIpc) is 2.99. The molecule has 0 unspecified atom stereocenters. The third-order valence-electron chi connectivity index (χ3n) is 5.22. The second-order valence-electron chi connectivity index (χ2n) is 6.54. The van der Waals surface area contributed by atoms with E-state index in [1.807, 2.05) is 12.3 Å². The molecule has 2 fully saturated rings. The number of aromatic nitrogens is 3. The van der Waals surface area contributed by atoms with Crippen molar-refractivity contribution in [1.82, 2.24) is 19.9 Å². The number of fused-ring (bicyclic) bond motifs is 1. The molecule has 1 atom stereocenters. The van der Waals surface area contributed by atoms with E-state index in [0.29, 0.717) is 17.9 Å². The summed E-state index contributed by atoms with van der Waals surface area (Å²) in [4.78, 5) is 17.2. The number of nitriles is 1. The molecular formula is C16H18N6S. The van der Waals surface area contributed by atoms with Crippen molar-refractivity contribution in [1.29, 1.82) is 5.26 Å². The zero-order valence-electron chi connectivity index (χ0n) is 13.0. The highest BCUT2D eigenvalue weighted by molar-refractivity contribution is 7.80. The Labute approximate surface area is 140 Å². The van der Waals surface area contributed by atoms with E-state index in [9.17, 15) is 0 Å². The molecule has 23 heavy (non-hydrogen) atoms. The molecular weight excluding hydrogens is 308 g/mol. The zero-order valence-corrected chi connectivity index (χ0v) is 13.8. The predicted molar refractivity (Wildman–Crippen MR) is 92.1 cm³/mol. The molecule has 0 amide bonds. The maximum atomic E-state index is 8.90. The Morgan fingerprint density at radius 2 is 2.39 bits per heavy atom. The first-order chi connectivity index (χ1) is 11.1. The van der Waals surface area contributed by atoms with Crippen LogP contribution in [-0.4, -0.2) is 51.0 Å². The van der Waals surface area contributed by atoms with Crippen LogP contribution in [0.2, 0.25) is 0 Å². The lowest BCUT2D eigenvalue weighted by Crippen LogP contribution is -2.40. The van der Waals surface area contributed by atoms with Crippen LogP contribution < -0.4 is 4.90 Å². The van der Waals surface area contributed by atoms with Gasteiger partial charge in [-0.1, -0.05) is 12.2 Å². The monoisotopic (exact) mass is 326 g/mol. The van der Waals surface area contributed by atoms with Crippen molar-refractivity contribution in [3.05, 3.63) is 18.6 Å². The number of rotatable bonds is 3. The lowest BCUT2D eigenvalue weighted by atomic mass is 9.99. The van der Waals surface area contributed by atoms with Crippen LogP contribution in [0.25, 0.3) is 11.0 Å². The number of thiocarbonyl (C=S) groups is 1. The molecule has 2 aromatic heterocycles. The van der Waals surface area contributed by atoms with Crippen LogP contribution in [0.5, 0.6) is 0 Å². The maximum absolute atomic E-state index is 8.90. The van der Waals surface area contributed by atoms with Gasteiger partial charge < -0.3 is 14.8 Å². The summed E-state index contributed by atoms with van der Waals surface area (Å²) in [5, 5.41) is 9.94. The van der Waals surface area contributed by atoms with E-state index in [2.05, 4.69) is 37.9 Å². The van der Waals surface area contributed by atoms with Crippen LogP contribution in [0.3, 0.4) is 0 Å². The van der Waals surface area contributed by atoms with Gasteiger partial charge in [0.05, 0.1) is 28.9 Å². The Morgan fingerprint density at radius 1 is 1.57 bits per heavy atom. The first kappa shape index (κ1) is 14.4. The van der Waals surface area contributed by atoms with Crippen LogP contribution in [0, 0.1) is 16.7 Å². The van der Waals surface area contributed by atoms with Crippen LogP contribution in [0.15, 0.2) is 18.6 Å².